The van der Waals surface area contributed by atoms with E-state index in [9.17, 15) is 0 Å². The molecule has 0 fully saturated rings. The lowest BCUT2D eigenvalue weighted by Gasteiger charge is -2.08. The van der Waals surface area contributed by atoms with E-state index in [1.807, 2.05) is 36.5 Å². The fourth-order valence-corrected chi connectivity index (χ4v) is 2.55. The predicted octanol–water partition coefficient (Wildman–Crippen LogP) is 4.07. The van der Waals surface area contributed by atoms with Gasteiger partial charge in [-0.1, -0.05) is 23.4 Å². The van der Waals surface area contributed by atoms with Crippen molar-refractivity contribution in [3.05, 3.63) is 60.2 Å². The van der Waals surface area contributed by atoms with Gasteiger partial charge in [-0.25, -0.2) is 0 Å². The van der Waals surface area contributed by atoms with Crippen molar-refractivity contribution >= 4 is 22.8 Å². The zero-order chi connectivity index (χ0) is 15.9. The number of hydrogen-bond donors (Lipinski definition) is 2. The molecule has 2 N–H and O–H groups in total. The smallest absolute Gasteiger partial charge is 0.148 e. The predicted molar refractivity (Wildman–Crippen MR) is 91.3 cm³/mol. The van der Waals surface area contributed by atoms with E-state index in [-0.39, 0.29) is 0 Å². The average Bonchev–Trinajstić information content (AvgIpc) is 3.02. The zero-order valence-corrected chi connectivity index (χ0v) is 12.8. The van der Waals surface area contributed by atoms with Crippen LogP contribution >= 0.6 is 0 Å². The molecule has 1 aromatic carbocycles. The van der Waals surface area contributed by atoms with Gasteiger partial charge in [-0.05, 0) is 37.1 Å². The fraction of sp³-hybridized carbons (Fsp3) is 0.222. The first-order valence-corrected chi connectivity index (χ1v) is 7.70. The first-order valence-electron chi connectivity index (χ1n) is 7.70. The minimum absolute atomic E-state index is 0.573. The van der Waals surface area contributed by atoms with Crippen molar-refractivity contribution in [2.24, 2.45) is 5.16 Å². The molecule has 3 rings (SSSR count). The first-order chi connectivity index (χ1) is 11.4. The molecule has 0 saturated carbocycles. The van der Waals surface area contributed by atoms with Crippen LogP contribution < -0.4 is 5.32 Å². The molecule has 2 aromatic heterocycles. The van der Waals surface area contributed by atoms with Gasteiger partial charge < -0.3 is 14.9 Å². The van der Waals surface area contributed by atoms with Gasteiger partial charge in [0.1, 0.15) is 17.7 Å². The van der Waals surface area contributed by atoms with Crippen LogP contribution in [0.15, 0.2) is 58.2 Å². The number of oxime groups is 1. The van der Waals surface area contributed by atoms with Crippen molar-refractivity contribution in [2.45, 2.75) is 19.3 Å². The molecule has 5 heteroatoms. The molecule has 118 valence electrons. The van der Waals surface area contributed by atoms with E-state index in [1.54, 1.807) is 6.07 Å². The average molecular weight is 309 g/mol. The summed E-state index contributed by atoms with van der Waals surface area (Å²) in [6.07, 6.45) is 6.06. The van der Waals surface area contributed by atoms with Gasteiger partial charge in [-0.2, -0.15) is 0 Å². The molecule has 0 spiro atoms. The highest BCUT2D eigenvalue weighted by atomic mass is 16.4. The number of para-hydroxylation sites is 1. The number of hydrogen-bond acceptors (Lipinski definition) is 5. The number of nitrogens with one attached hydrogen (secondary N) is 1. The number of pyridine rings is 1. The molecule has 0 saturated heterocycles. The van der Waals surface area contributed by atoms with Gasteiger partial charge in [0.25, 0.3) is 0 Å². The molecular formula is C18H19N3O2. The summed E-state index contributed by atoms with van der Waals surface area (Å²) in [5, 5.41) is 16.0. The summed E-state index contributed by atoms with van der Waals surface area (Å²) in [6, 6.07) is 13.9. The van der Waals surface area contributed by atoms with E-state index < -0.39 is 0 Å². The molecule has 0 unspecified atom stereocenters. The molecule has 0 amide bonds. The SMILES string of the molecule is O/N=C/c1ccc(CCCCNc2ccnc3ccccc23)o1. The summed E-state index contributed by atoms with van der Waals surface area (Å²) in [4.78, 5) is 4.36. The van der Waals surface area contributed by atoms with E-state index >= 15 is 0 Å². The molecule has 0 aliphatic carbocycles. The van der Waals surface area contributed by atoms with E-state index in [4.69, 9.17) is 9.62 Å². The minimum atomic E-state index is 0.573. The Morgan fingerprint density at radius 2 is 2.04 bits per heavy atom. The van der Waals surface area contributed by atoms with Crippen LogP contribution in [0.4, 0.5) is 5.69 Å². The normalized spacial score (nSPS) is 11.3. The van der Waals surface area contributed by atoms with Crippen LogP contribution in [0, 0.1) is 0 Å². The lowest BCUT2D eigenvalue weighted by molar-refractivity contribution is 0.320. The van der Waals surface area contributed by atoms with Crippen LogP contribution in [-0.2, 0) is 6.42 Å². The Morgan fingerprint density at radius 3 is 2.96 bits per heavy atom. The standard InChI is InChI=1S/C18H19N3O2/c22-21-13-15-9-8-14(23-15)5-3-4-11-19-18-10-12-20-17-7-2-1-6-16(17)18/h1-2,6-10,12-13,22H,3-5,11H2,(H,19,20)/b21-13+. The van der Waals surface area contributed by atoms with Crippen LogP contribution in [0.25, 0.3) is 10.9 Å². The van der Waals surface area contributed by atoms with Crippen LogP contribution in [0.3, 0.4) is 0 Å². The van der Waals surface area contributed by atoms with Gasteiger partial charge in [0.05, 0.1) is 5.52 Å². The Bertz CT molecular complexity index is 790. The number of aromatic nitrogens is 1. The highest BCUT2D eigenvalue weighted by molar-refractivity contribution is 5.90. The Labute approximate surface area is 134 Å². The van der Waals surface area contributed by atoms with Crippen molar-refractivity contribution < 1.29 is 9.62 Å². The number of rotatable bonds is 7. The van der Waals surface area contributed by atoms with Crippen molar-refractivity contribution in [3.63, 3.8) is 0 Å². The summed E-state index contributed by atoms with van der Waals surface area (Å²) in [6.45, 7) is 0.902. The Balaban J connectivity index is 1.47. The van der Waals surface area contributed by atoms with E-state index in [2.05, 4.69) is 21.5 Å². The largest absolute Gasteiger partial charge is 0.460 e. The number of unbranched alkanes of at least 4 members (excludes halogenated alkanes) is 1. The third kappa shape index (κ3) is 3.88. The van der Waals surface area contributed by atoms with E-state index in [1.165, 1.54) is 6.21 Å². The fourth-order valence-electron chi connectivity index (χ4n) is 2.55. The van der Waals surface area contributed by atoms with Gasteiger partial charge in [-0.3, -0.25) is 4.98 Å². The van der Waals surface area contributed by atoms with Crippen LogP contribution in [-0.4, -0.2) is 23.0 Å². The zero-order valence-electron chi connectivity index (χ0n) is 12.8. The summed E-state index contributed by atoms with van der Waals surface area (Å²) in [5.74, 6) is 1.48. The highest BCUT2D eigenvalue weighted by Crippen LogP contribution is 2.21. The quantitative estimate of drug-likeness (QED) is 0.299. The molecular weight excluding hydrogens is 290 g/mol. The van der Waals surface area contributed by atoms with Gasteiger partial charge in [0, 0.05) is 30.2 Å². The topological polar surface area (TPSA) is 70.7 Å². The van der Waals surface area contributed by atoms with Crippen LogP contribution in [0.1, 0.15) is 24.4 Å². The third-order valence-electron chi connectivity index (χ3n) is 3.68. The number of furan rings is 1. The number of benzene rings is 1. The summed E-state index contributed by atoms with van der Waals surface area (Å²) in [5.41, 5.74) is 2.13. The second-order valence-corrected chi connectivity index (χ2v) is 5.31. The molecule has 0 aliphatic rings. The minimum Gasteiger partial charge on any atom is -0.460 e. The second-order valence-electron chi connectivity index (χ2n) is 5.31. The van der Waals surface area contributed by atoms with Gasteiger partial charge >= 0.3 is 0 Å². The number of nitrogens with zero attached hydrogens (tertiary/aromatic N) is 2. The Kier molecular flexibility index (Phi) is 4.88. The van der Waals surface area contributed by atoms with Crippen molar-refractivity contribution in [3.8, 4) is 0 Å². The van der Waals surface area contributed by atoms with Crippen molar-refractivity contribution in [1.82, 2.24) is 4.98 Å². The van der Waals surface area contributed by atoms with Crippen molar-refractivity contribution in [1.29, 1.82) is 0 Å². The van der Waals surface area contributed by atoms with Gasteiger partial charge in [0.15, 0.2) is 0 Å². The summed E-state index contributed by atoms with van der Waals surface area (Å²) in [7, 11) is 0. The molecule has 5 nitrogen and oxygen atoms in total. The summed E-state index contributed by atoms with van der Waals surface area (Å²) < 4.78 is 5.51. The molecule has 23 heavy (non-hydrogen) atoms. The molecule has 0 bridgehead atoms. The molecule has 3 aromatic rings. The summed E-state index contributed by atoms with van der Waals surface area (Å²) >= 11 is 0. The highest BCUT2D eigenvalue weighted by Gasteiger charge is 2.02. The molecule has 0 radical (unpaired) electrons. The van der Waals surface area contributed by atoms with E-state index in [0.717, 1.165) is 48.2 Å². The van der Waals surface area contributed by atoms with Gasteiger partial charge in [-0.15, -0.1) is 0 Å². The lowest BCUT2D eigenvalue weighted by Crippen LogP contribution is -2.02. The van der Waals surface area contributed by atoms with E-state index in [0.29, 0.717) is 5.76 Å². The molecule has 0 aliphatic heterocycles. The maximum absolute atomic E-state index is 8.46. The molecule has 0 atom stereocenters. The maximum Gasteiger partial charge on any atom is 0.148 e. The second kappa shape index (κ2) is 7.45. The Morgan fingerprint density at radius 1 is 1.13 bits per heavy atom. The van der Waals surface area contributed by atoms with Crippen LogP contribution in [0.2, 0.25) is 0 Å². The van der Waals surface area contributed by atoms with Crippen LogP contribution in [0.5, 0.6) is 0 Å². The molecule has 2 heterocycles. The van der Waals surface area contributed by atoms with Gasteiger partial charge in [0.2, 0.25) is 0 Å². The number of fused-ring (bicyclic) bond motifs is 1. The Hall–Kier alpha value is -2.82. The maximum atomic E-state index is 8.46. The number of anilines is 1. The lowest BCUT2D eigenvalue weighted by atomic mass is 10.1. The first kappa shape index (κ1) is 15.1. The van der Waals surface area contributed by atoms with Crippen molar-refractivity contribution in [2.75, 3.05) is 11.9 Å². The third-order valence-corrected chi connectivity index (χ3v) is 3.68. The number of aryl methyl sites for hydroxylation is 1. The monoisotopic (exact) mass is 309 g/mol.